The highest BCUT2D eigenvalue weighted by atomic mass is 32.2. The number of nitrogens with zero attached hydrogens (tertiary/aromatic N) is 2. The van der Waals surface area contributed by atoms with Gasteiger partial charge in [-0.2, -0.15) is 4.31 Å². The molecule has 0 amide bonds. The van der Waals surface area contributed by atoms with E-state index in [1.165, 1.54) is 0 Å². The highest BCUT2D eigenvalue weighted by molar-refractivity contribution is 7.89. The number of hydrogen-bond acceptors (Lipinski definition) is 4. The molecule has 0 aromatic rings. The van der Waals surface area contributed by atoms with E-state index in [9.17, 15) is 8.42 Å². The maximum Gasteiger partial charge on any atom is 0.218 e. The van der Waals surface area contributed by atoms with Crippen molar-refractivity contribution in [1.29, 1.82) is 0 Å². The Kier molecular flexibility index (Phi) is 6.44. The van der Waals surface area contributed by atoms with Crippen molar-refractivity contribution >= 4 is 10.0 Å². The van der Waals surface area contributed by atoms with Crippen molar-refractivity contribution in [2.45, 2.75) is 51.8 Å². The zero-order valence-corrected chi connectivity index (χ0v) is 14.5. The number of hydrogen-bond donors (Lipinski definition) is 1. The minimum absolute atomic E-state index is 0.115. The molecule has 1 saturated heterocycles. The summed E-state index contributed by atoms with van der Waals surface area (Å²) in [6.45, 7) is 14.7. The minimum Gasteiger partial charge on any atom is -0.315 e. The molecular formula is C14H31N3O2S. The fourth-order valence-corrected chi connectivity index (χ4v) is 3.96. The van der Waals surface area contributed by atoms with Gasteiger partial charge >= 0.3 is 0 Å². The molecule has 1 aliphatic rings. The van der Waals surface area contributed by atoms with E-state index in [-0.39, 0.29) is 10.8 Å². The average Bonchev–Trinajstić information content (AvgIpc) is 2.38. The summed E-state index contributed by atoms with van der Waals surface area (Å²) in [5.41, 5.74) is 0.115. The lowest BCUT2D eigenvalue weighted by atomic mass is 10.1. The Balaban J connectivity index is 2.54. The Morgan fingerprint density at radius 3 is 2.15 bits per heavy atom. The van der Waals surface area contributed by atoms with Crippen LogP contribution in [0.25, 0.3) is 0 Å². The standard InChI is InChI=1S/C14H31N3O2S/c1-6-7-15-12-13(2)20(18,19)17-10-8-16(9-11-17)14(3,4)5/h13,15H,6-12H2,1-5H3. The summed E-state index contributed by atoms with van der Waals surface area (Å²) in [5.74, 6) is 0. The number of piperazine rings is 1. The molecule has 0 aromatic heterocycles. The summed E-state index contributed by atoms with van der Waals surface area (Å²) in [7, 11) is -3.17. The largest absolute Gasteiger partial charge is 0.315 e. The molecule has 120 valence electrons. The summed E-state index contributed by atoms with van der Waals surface area (Å²) in [4.78, 5) is 2.35. The van der Waals surface area contributed by atoms with Crippen LogP contribution in [0.2, 0.25) is 0 Å². The summed E-state index contributed by atoms with van der Waals surface area (Å²) in [6.07, 6.45) is 1.02. The maximum absolute atomic E-state index is 12.5. The van der Waals surface area contributed by atoms with Gasteiger partial charge in [0.1, 0.15) is 0 Å². The second-order valence-corrected chi connectivity index (χ2v) is 8.97. The van der Waals surface area contributed by atoms with E-state index < -0.39 is 10.0 Å². The van der Waals surface area contributed by atoms with E-state index in [1.807, 2.05) is 0 Å². The topological polar surface area (TPSA) is 52.7 Å². The second kappa shape index (κ2) is 7.20. The maximum atomic E-state index is 12.5. The molecule has 20 heavy (non-hydrogen) atoms. The molecule has 1 atom stereocenters. The fraction of sp³-hybridized carbons (Fsp3) is 1.00. The summed E-state index contributed by atoms with van der Waals surface area (Å²) in [5, 5.41) is 2.85. The molecule has 0 bridgehead atoms. The zero-order valence-electron chi connectivity index (χ0n) is 13.6. The van der Waals surface area contributed by atoms with E-state index in [1.54, 1.807) is 11.2 Å². The normalized spacial score (nSPS) is 21.1. The van der Waals surface area contributed by atoms with Crippen molar-refractivity contribution in [3.63, 3.8) is 0 Å². The van der Waals surface area contributed by atoms with Gasteiger partial charge in [0.25, 0.3) is 0 Å². The molecule has 0 spiro atoms. The molecule has 1 heterocycles. The number of sulfonamides is 1. The lowest BCUT2D eigenvalue weighted by Gasteiger charge is -2.42. The predicted octanol–water partition coefficient (Wildman–Crippen LogP) is 1.12. The fourth-order valence-electron chi connectivity index (χ4n) is 2.46. The lowest BCUT2D eigenvalue weighted by Crippen LogP contribution is -2.56. The summed E-state index contributed by atoms with van der Waals surface area (Å²) in [6, 6.07) is 0. The van der Waals surface area contributed by atoms with Crippen LogP contribution in [0.4, 0.5) is 0 Å². The van der Waals surface area contributed by atoms with Gasteiger partial charge in [-0.05, 0) is 40.7 Å². The van der Waals surface area contributed by atoms with Crippen LogP contribution >= 0.6 is 0 Å². The van der Waals surface area contributed by atoms with Gasteiger partial charge in [0, 0.05) is 38.3 Å². The van der Waals surface area contributed by atoms with Gasteiger partial charge < -0.3 is 5.32 Å². The molecule has 6 heteroatoms. The van der Waals surface area contributed by atoms with Crippen LogP contribution in [-0.4, -0.2) is 67.7 Å². The Hall–Kier alpha value is -0.170. The first-order valence-corrected chi connectivity index (χ1v) is 9.14. The van der Waals surface area contributed by atoms with Crippen LogP contribution in [0, 0.1) is 0 Å². The van der Waals surface area contributed by atoms with Crippen molar-refractivity contribution in [3.05, 3.63) is 0 Å². The van der Waals surface area contributed by atoms with Crippen LogP contribution in [0.1, 0.15) is 41.0 Å². The molecule has 1 fully saturated rings. The van der Waals surface area contributed by atoms with Crippen LogP contribution < -0.4 is 5.32 Å². The number of rotatable bonds is 6. The average molecular weight is 305 g/mol. The van der Waals surface area contributed by atoms with Crippen LogP contribution in [0.3, 0.4) is 0 Å². The lowest BCUT2D eigenvalue weighted by molar-refractivity contribution is 0.0919. The van der Waals surface area contributed by atoms with Crippen LogP contribution in [-0.2, 0) is 10.0 Å². The van der Waals surface area contributed by atoms with E-state index in [2.05, 4.69) is 37.9 Å². The third kappa shape index (κ3) is 4.69. The molecule has 0 aliphatic carbocycles. The van der Waals surface area contributed by atoms with Gasteiger partial charge in [0.05, 0.1) is 5.25 Å². The summed E-state index contributed by atoms with van der Waals surface area (Å²) < 4.78 is 26.7. The molecule has 5 nitrogen and oxygen atoms in total. The highest BCUT2D eigenvalue weighted by Crippen LogP contribution is 2.18. The van der Waals surface area contributed by atoms with E-state index in [0.717, 1.165) is 26.1 Å². The smallest absolute Gasteiger partial charge is 0.218 e. The third-order valence-electron chi connectivity index (χ3n) is 3.91. The van der Waals surface area contributed by atoms with Gasteiger partial charge in [-0.3, -0.25) is 4.90 Å². The van der Waals surface area contributed by atoms with Crippen molar-refractivity contribution in [3.8, 4) is 0 Å². The summed E-state index contributed by atoms with van der Waals surface area (Å²) >= 11 is 0. The van der Waals surface area contributed by atoms with Crippen LogP contribution in [0.15, 0.2) is 0 Å². The molecule has 0 saturated carbocycles. The predicted molar refractivity (Wildman–Crippen MR) is 84.4 cm³/mol. The zero-order chi connectivity index (χ0) is 15.4. The Morgan fingerprint density at radius 1 is 1.15 bits per heavy atom. The molecular weight excluding hydrogens is 274 g/mol. The molecule has 1 aliphatic heterocycles. The van der Waals surface area contributed by atoms with Crippen molar-refractivity contribution in [2.24, 2.45) is 0 Å². The first kappa shape index (κ1) is 17.9. The molecule has 1 unspecified atom stereocenters. The van der Waals surface area contributed by atoms with E-state index in [0.29, 0.717) is 19.6 Å². The van der Waals surface area contributed by atoms with Crippen molar-refractivity contribution < 1.29 is 8.42 Å². The molecule has 1 rings (SSSR count). The minimum atomic E-state index is -3.17. The van der Waals surface area contributed by atoms with Crippen molar-refractivity contribution in [1.82, 2.24) is 14.5 Å². The Bertz CT molecular complexity index is 382. The first-order chi connectivity index (χ1) is 9.19. The molecule has 1 N–H and O–H groups in total. The van der Waals surface area contributed by atoms with Gasteiger partial charge in [0.15, 0.2) is 0 Å². The van der Waals surface area contributed by atoms with E-state index in [4.69, 9.17) is 0 Å². The quantitative estimate of drug-likeness (QED) is 0.747. The molecule has 0 aromatic carbocycles. The SMILES string of the molecule is CCCNCC(C)S(=O)(=O)N1CCN(C(C)(C)C)CC1. The van der Waals surface area contributed by atoms with E-state index >= 15 is 0 Å². The van der Waals surface area contributed by atoms with Gasteiger partial charge in [-0.25, -0.2) is 8.42 Å². The third-order valence-corrected chi connectivity index (χ3v) is 6.18. The van der Waals surface area contributed by atoms with Gasteiger partial charge in [-0.1, -0.05) is 6.92 Å². The highest BCUT2D eigenvalue weighted by Gasteiger charge is 2.33. The molecule has 0 radical (unpaired) electrons. The Labute approximate surface area is 124 Å². The first-order valence-electron chi connectivity index (χ1n) is 7.64. The second-order valence-electron chi connectivity index (χ2n) is 6.62. The Morgan fingerprint density at radius 2 is 1.70 bits per heavy atom. The van der Waals surface area contributed by atoms with Gasteiger partial charge in [0.2, 0.25) is 10.0 Å². The van der Waals surface area contributed by atoms with Crippen LogP contribution in [0.5, 0.6) is 0 Å². The monoisotopic (exact) mass is 305 g/mol. The van der Waals surface area contributed by atoms with Gasteiger partial charge in [-0.15, -0.1) is 0 Å². The number of nitrogens with one attached hydrogen (secondary N) is 1. The van der Waals surface area contributed by atoms with Crippen molar-refractivity contribution in [2.75, 3.05) is 39.3 Å².